The van der Waals surface area contributed by atoms with Gasteiger partial charge in [0.1, 0.15) is 5.82 Å². The minimum atomic E-state index is 0.200. The first-order chi connectivity index (χ1) is 10.0. The molecule has 0 saturated carbocycles. The fraction of sp³-hybridized carbons (Fsp3) is 0.812. The van der Waals surface area contributed by atoms with Gasteiger partial charge < -0.3 is 15.4 Å². The van der Waals surface area contributed by atoms with Crippen LogP contribution in [0.25, 0.3) is 0 Å². The summed E-state index contributed by atoms with van der Waals surface area (Å²) < 4.78 is 7.84. The molecule has 120 valence electrons. The number of aromatic nitrogens is 2. The lowest BCUT2D eigenvalue weighted by molar-refractivity contribution is 0.0214. The molecule has 21 heavy (non-hydrogen) atoms. The van der Waals surface area contributed by atoms with Crippen LogP contribution in [0.3, 0.4) is 0 Å². The van der Waals surface area contributed by atoms with E-state index in [9.17, 15) is 0 Å². The molecule has 2 rings (SSSR count). The molecule has 1 aromatic rings. The van der Waals surface area contributed by atoms with Gasteiger partial charge in [-0.2, -0.15) is 5.10 Å². The second-order valence-corrected chi connectivity index (χ2v) is 6.25. The fourth-order valence-electron chi connectivity index (χ4n) is 3.16. The van der Waals surface area contributed by atoms with Crippen molar-refractivity contribution in [2.45, 2.75) is 58.1 Å². The van der Waals surface area contributed by atoms with Crippen LogP contribution in [0.1, 0.15) is 43.9 Å². The molecule has 0 radical (unpaired) electrons. The van der Waals surface area contributed by atoms with E-state index in [0.29, 0.717) is 6.10 Å². The number of hydrogen-bond acceptors (Lipinski definition) is 4. The van der Waals surface area contributed by atoms with Gasteiger partial charge in [0.2, 0.25) is 0 Å². The van der Waals surface area contributed by atoms with Gasteiger partial charge in [-0.05, 0) is 39.0 Å². The van der Waals surface area contributed by atoms with Gasteiger partial charge in [-0.3, -0.25) is 4.68 Å². The zero-order valence-electron chi connectivity index (χ0n) is 13.9. The molecule has 0 bridgehead atoms. The van der Waals surface area contributed by atoms with Crippen LogP contribution in [-0.2, 0) is 18.2 Å². The quantitative estimate of drug-likeness (QED) is 0.872. The first-order valence-corrected chi connectivity index (χ1v) is 8.13. The van der Waals surface area contributed by atoms with Crippen molar-refractivity contribution in [2.24, 2.45) is 12.8 Å². The van der Waals surface area contributed by atoms with Gasteiger partial charge in [0.05, 0.1) is 11.8 Å². The van der Waals surface area contributed by atoms with E-state index in [2.05, 4.69) is 30.9 Å². The monoisotopic (exact) mass is 294 g/mol. The molecule has 5 nitrogen and oxygen atoms in total. The van der Waals surface area contributed by atoms with Gasteiger partial charge in [-0.15, -0.1) is 0 Å². The lowest BCUT2D eigenvalue weighted by Crippen LogP contribution is -2.35. The molecule has 0 spiro atoms. The average Bonchev–Trinajstić information content (AvgIpc) is 2.74. The van der Waals surface area contributed by atoms with E-state index in [1.807, 2.05) is 11.7 Å². The number of ether oxygens (including phenoxy) is 1. The topological polar surface area (TPSA) is 56.3 Å². The Morgan fingerprint density at radius 3 is 2.86 bits per heavy atom. The number of hydrogen-bond donors (Lipinski definition) is 1. The smallest absolute Gasteiger partial charge is 0.129 e. The Morgan fingerprint density at radius 1 is 1.48 bits per heavy atom. The number of anilines is 1. The minimum absolute atomic E-state index is 0.200. The molecule has 1 aromatic heterocycles. The maximum atomic E-state index is 6.16. The number of aryl methyl sites for hydroxylation is 2. The first-order valence-electron chi connectivity index (χ1n) is 8.13. The predicted octanol–water partition coefficient (Wildman–Crippen LogP) is 2.01. The van der Waals surface area contributed by atoms with E-state index in [0.717, 1.165) is 38.1 Å². The zero-order valence-corrected chi connectivity index (χ0v) is 13.9. The maximum Gasteiger partial charge on any atom is 0.129 e. The molecule has 0 aromatic carbocycles. The molecular formula is C16H30N4O. The molecule has 2 heterocycles. The van der Waals surface area contributed by atoms with E-state index in [-0.39, 0.29) is 6.04 Å². The summed E-state index contributed by atoms with van der Waals surface area (Å²) in [5, 5.41) is 4.59. The second-order valence-electron chi connectivity index (χ2n) is 6.25. The molecule has 1 aliphatic heterocycles. The third-order valence-electron chi connectivity index (χ3n) is 4.42. The van der Waals surface area contributed by atoms with E-state index >= 15 is 0 Å². The van der Waals surface area contributed by atoms with Crippen molar-refractivity contribution in [2.75, 3.05) is 25.1 Å². The first kappa shape index (κ1) is 16.3. The van der Waals surface area contributed by atoms with Crippen LogP contribution in [0.2, 0.25) is 0 Å². The molecule has 1 saturated heterocycles. The Balaban J connectivity index is 2.12. The molecule has 1 aliphatic rings. The van der Waals surface area contributed by atoms with Crippen molar-refractivity contribution in [3.8, 4) is 0 Å². The van der Waals surface area contributed by atoms with Crippen molar-refractivity contribution in [1.29, 1.82) is 0 Å². The van der Waals surface area contributed by atoms with Crippen molar-refractivity contribution in [3.63, 3.8) is 0 Å². The maximum absolute atomic E-state index is 6.16. The summed E-state index contributed by atoms with van der Waals surface area (Å²) in [5.41, 5.74) is 8.53. The molecule has 2 atom stereocenters. The Morgan fingerprint density at radius 2 is 2.24 bits per heavy atom. The molecular weight excluding hydrogens is 264 g/mol. The summed E-state index contributed by atoms with van der Waals surface area (Å²) in [7, 11) is 4.15. The van der Waals surface area contributed by atoms with Crippen molar-refractivity contribution in [3.05, 3.63) is 11.3 Å². The number of rotatable bonds is 6. The summed E-state index contributed by atoms with van der Waals surface area (Å²) in [6.07, 6.45) is 5.85. The Hall–Kier alpha value is -1.07. The molecule has 0 amide bonds. The highest BCUT2D eigenvalue weighted by Gasteiger charge is 2.22. The largest absolute Gasteiger partial charge is 0.376 e. The molecule has 0 aliphatic carbocycles. The van der Waals surface area contributed by atoms with E-state index < -0.39 is 0 Å². The summed E-state index contributed by atoms with van der Waals surface area (Å²) >= 11 is 0. The van der Waals surface area contributed by atoms with Crippen LogP contribution >= 0.6 is 0 Å². The van der Waals surface area contributed by atoms with Crippen LogP contribution in [0.15, 0.2) is 0 Å². The SMILES string of the molecule is CCC(N)Cc1c(C)nn(C)c1N(C)CC1CCCCO1. The van der Waals surface area contributed by atoms with Gasteiger partial charge in [0, 0.05) is 38.9 Å². The second kappa shape index (κ2) is 7.27. The summed E-state index contributed by atoms with van der Waals surface area (Å²) in [4.78, 5) is 2.29. The normalized spacial score (nSPS) is 20.5. The third-order valence-corrected chi connectivity index (χ3v) is 4.42. The average molecular weight is 294 g/mol. The highest BCUT2D eigenvalue weighted by atomic mass is 16.5. The lowest BCUT2D eigenvalue weighted by atomic mass is 10.0. The summed E-state index contributed by atoms with van der Waals surface area (Å²) in [5.74, 6) is 1.19. The third kappa shape index (κ3) is 3.98. The van der Waals surface area contributed by atoms with Crippen LogP contribution < -0.4 is 10.6 Å². The van der Waals surface area contributed by atoms with Gasteiger partial charge in [0.15, 0.2) is 0 Å². The van der Waals surface area contributed by atoms with Gasteiger partial charge >= 0.3 is 0 Å². The highest BCUT2D eigenvalue weighted by molar-refractivity contribution is 5.50. The molecule has 1 fully saturated rings. The van der Waals surface area contributed by atoms with Gasteiger partial charge in [0.25, 0.3) is 0 Å². The molecule has 5 heteroatoms. The number of nitrogens with zero attached hydrogens (tertiary/aromatic N) is 3. The van der Waals surface area contributed by atoms with Crippen LogP contribution in [0, 0.1) is 6.92 Å². The molecule has 2 N–H and O–H groups in total. The Labute approximate surface area is 128 Å². The van der Waals surface area contributed by atoms with Gasteiger partial charge in [-0.1, -0.05) is 6.92 Å². The van der Waals surface area contributed by atoms with E-state index in [1.54, 1.807) is 0 Å². The van der Waals surface area contributed by atoms with Crippen LogP contribution in [0.4, 0.5) is 5.82 Å². The fourth-order valence-corrected chi connectivity index (χ4v) is 3.16. The predicted molar refractivity (Wildman–Crippen MR) is 86.8 cm³/mol. The highest BCUT2D eigenvalue weighted by Crippen LogP contribution is 2.25. The molecule has 2 unspecified atom stereocenters. The Kier molecular flexibility index (Phi) is 5.65. The summed E-state index contributed by atoms with van der Waals surface area (Å²) in [6, 6.07) is 0.200. The van der Waals surface area contributed by atoms with Crippen LogP contribution in [-0.4, -0.2) is 42.1 Å². The van der Waals surface area contributed by atoms with E-state index in [1.165, 1.54) is 24.2 Å². The van der Waals surface area contributed by atoms with E-state index in [4.69, 9.17) is 10.5 Å². The standard InChI is InChI=1S/C16H30N4O/c1-5-13(17)10-15-12(2)18-20(4)16(15)19(3)11-14-8-6-7-9-21-14/h13-14H,5-11,17H2,1-4H3. The number of likely N-dealkylation sites (N-methyl/N-ethyl adjacent to an activating group) is 1. The number of nitrogens with two attached hydrogens (primary N) is 1. The Bertz CT molecular complexity index is 451. The van der Waals surface area contributed by atoms with Crippen molar-refractivity contribution < 1.29 is 4.74 Å². The zero-order chi connectivity index (χ0) is 15.4. The minimum Gasteiger partial charge on any atom is -0.376 e. The van der Waals surface area contributed by atoms with Crippen LogP contribution in [0.5, 0.6) is 0 Å². The van der Waals surface area contributed by atoms with Gasteiger partial charge in [-0.25, -0.2) is 0 Å². The lowest BCUT2D eigenvalue weighted by Gasteiger charge is -2.29. The van der Waals surface area contributed by atoms with Crippen molar-refractivity contribution in [1.82, 2.24) is 9.78 Å². The summed E-state index contributed by atoms with van der Waals surface area (Å²) in [6.45, 7) is 6.03. The van der Waals surface area contributed by atoms with Crippen molar-refractivity contribution >= 4 is 5.82 Å².